The van der Waals surface area contributed by atoms with Gasteiger partial charge in [-0.05, 0) is 49.2 Å². The summed E-state index contributed by atoms with van der Waals surface area (Å²) in [5, 5.41) is 5.34. The van der Waals surface area contributed by atoms with Crippen LogP contribution in [-0.2, 0) is 0 Å². The van der Waals surface area contributed by atoms with Crippen molar-refractivity contribution in [1.82, 2.24) is 5.16 Å². The van der Waals surface area contributed by atoms with Crippen LogP contribution >= 0.6 is 34.8 Å². The van der Waals surface area contributed by atoms with E-state index < -0.39 is 11.9 Å². The van der Waals surface area contributed by atoms with Crippen molar-refractivity contribution < 1.29 is 13.7 Å². The van der Waals surface area contributed by atoms with Crippen LogP contribution in [0.25, 0.3) is 11.0 Å². The van der Waals surface area contributed by atoms with E-state index in [-0.39, 0.29) is 33.5 Å². The molecule has 9 heteroatoms. The fraction of sp³-hybridized carbons (Fsp3) is 0.136. The molecule has 0 unspecified atom stereocenters. The van der Waals surface area contributed by atoms with Gasteiger partial charge in [-0.15, -0.1) is 0 Å². The maximum atomic E-state index is 13.5. The summed E-state index contributed by atoms with van der Waals surface area (Å²) in [6.45, 7) is 3.50. The van der Waals surface area contributed by atoms with Crippen molar-refractivity contribution in [2.75, 3.05) is 4.90 Å². The number of aromatic nitrogens is 1. The number of benzene rings is 2. The Morgan fingerprint density at radius 2 is 1.74 bits per heavy atom. The maximum absolute atomic E-state index is 13.5. The van der Waals surface area contributed by atoms with E-state index in [1.165, 1.54) is 4.90 Å². The Morgan fingerprint density at radius 1 is 0.968 bits per heavy atom. The molecule has 1 aliphatic rings. The lowest BCUT2D eigenvalue weighted by atomic mass is 9.98. The van der Waals surface area contributed by atoms with Crippen molar-refractivity contribution in [2.24, 2.45) is 0 Å². The molecule has 156 valence electrons. The third-order valence-corrected chi connectivity index (χ3v) is 6.42. The highest BCUT2D eigenvalue weighted by Crippen LogP contribution is 2.42. The first kappa shape index (κ1) is 20.1. The van der Waals surface area contributed by atoms with Gasteiger partial charge in [0.25, 0.3) is 5.91 Å². The van der Waals surface area contributed by atoms with E-state index in [9.17, 15) is 9.59 Å². The summed E-state index contributed by atoms with van der Waals surface area (Å²) in [5.41, 5.74) is 1.41. The second-order valence-electron chi connectivity index (χ2n) is 7.32. The van der Waals surface area contributed by atoms with Crippen LogP contribution in [0.1, 0.15) is 39.0 Å². The molecule has 0 aliphatic carbocycles. The van der Waals surface area contributed by atoms with Crippen molar-refractivity contribution in [2.45, 2.75) is 19.9 Å². The van der Waals surface area contributed by atoms with Crippen LogP contribution in [0.3, 0.4) is 0 Å². The van der Waals surface area contributed by atoms with E-state index in [2.05, 4.69) is 5.16 Å². The van der Waals surface area contributed by atoms with Gasteiger partial charge in [0.15, 0.2) is 11.2 Å². The molecular weight excluding hydrogens is 463 g/mol. The Kier molecular flexibility index (Phi) is 4.62. The van der Waals surface area contributed by atoms with Crippen LogP contribution in [0.4, 0.5) is 5.82 Å². The van der Waals surface area contributed by atoms with Gasteiger partial charge < -0.3 is 8.94 Å². The van der Waals surface area contributed by atoms with E-state index in [0.717, 1.165) is 5.56 Å². The maximum Gasteiger partial charge on any atom is 0.296 e. The molecule has 0 spiro atoms. The predicted molar refractivity (Wildman–Crippen MR) is 119 cm³/mol. The molecule has 2 aromatic heterocycles. The number of aryl methyl sites for hydroxylation is 2. The number of rotatable bonds is 2. The number of carbonyl (C=O) groups is 1. The summed E-state index contributed by atoms with van der Waals surface area (Å²) in [7, 11) is 0. The van der Waals surface area contributed by atoms with E-state index in [1.54, 1.807) is 50.2 Å². The van der Waals surface area contributed by atoms with Gasteiger partial charge in [-0.25, -0.2) is 0 Å². The number of fused-ring (bicyclic) bond motifs is 2. The highest BCUT2D eigenvalue weighted by atomic mass is 35.5. The minimum absolute atomic E-state index is 0.0593. The molecule has 6 nitrogen and oxygen atoms in total. The minimum atomic E-state index is -0.831. The van der Waals surface area contributed by atoms with Crippen molar-refractivity contribution in [1.29, 1.82) is 0 Å². The van der Waals surface area contributed by atoms with Gasteiger partial charge in [0, 0.05) is 11.1 Å². The Bertz CT molecular complexity index is 1460. The average Bonchev–Trinajstić information content (AvgIpc) is 3.27. The van der Waals surface area contributed by atoms with E-state index in [4.69, 9.17) is 43.7 Å². The van der Waals surface area contributed by atoms with Crippen LogP contribution < -0.4 is 10.3 Å². The van der Waals surface area contributed by atoms with Crippen molar-refractivity contribution in [3.63, 3.8) is 0 Å². The number of carbonyl (C=O) groups excluding carboxylic acids is 1. The molecule has 0 radical (unpaired) electrons. The predicted octanol–water partition coefficient (Wildman–Crippen LogP) is 6.11. The molecule has 5 rings (SSSR count). The third-order valence-electron chi connectivity index (χ3n) is 5.27. The van der Waals surface area contributed by atoms with E-state index >= 15 is 0 Å². The zero-order chi connectivity index (χ0) is 22.0. The van der Waals surface area contributed by atoms with Crippen molar-refractivity contribution in [3.05, 3.63) is 89.9 Å². The molecule has 31 heavy (non-hydrogen) atoms. The Hall–Kier alpha value is -2.80. The number of amides is 1. The zero-order valence-corrected chi connectivity index (χ0v) is 18.5. The molecule has 0 fully saturated rings. The van der Waals surface area contributed by atoms with Gasteiger partial charge in [-0.2, -0.15) is 0 Å². The fourth-order valence-corrected chi connectivity index (χ4v) is 4.26. The molecule has 0 bridgehead atoms. The van der Waals surface area contributed by atoms with Crippen LogP contribution in [0.15, 0.2) is 50.1 Å². The van der Waals surface area contributed by atoms with Gasteiger partial charge >= 0.3 is 0 Å². The van der Waals surface area contributed by atoms with Crippen LogP contribution in [0.5, 0.6) is 0 Å². The lowest BCUT2D eigenvalue weighted by molar-refractivity contribution is 0.0969. The monoisotopic (exact) mass is 474 g/mol. The first-order valence-corrected chi connectivity index (χ1v) is 10.4. The van der Waals surface area contributed by atoms with Gasteiger partial charge in [0.2, 0.25) is 5.76 Å². The van der Waals surface area contributed by atoms with Crippen LogP contribution in [0.2, 0.25) is 15.1 Å². The summed E-state index contributed by atoms with van der Waals surface area (Å²) in [4.78, 5) is 28.3. The topological polar surface area (TPSA) is 76.6 Å². The molecule has 1 amide bonds. The van der Waals surface area contributed by atoms with Crippen molar-refractivity contribution >= 4 is 57.5 Å². The molecule has 0 N–H and O–H groups in total. The summed E-state index contributed by atoms with van der Waals surface area (Å²) in [5.74, 6) is 0.197. The normalized spacial score (nSPS) is 15.7. The number of nitrogens with zero attached hydrogens (tertiary/aromatic N) is 2. The minimum Gasteiger partial charge on any atom is -0.450 e. The molecule has 2 aromatic carbocycles. The molecule has 4 aromatic rings. The van der Waals surface area contributed by atoms with E-state index in [0.29, 0.717) is 26.4 Å². The lowest BCUT2D eigenvalue weighted by Crippen LogP contribution is -2.29. The molecule has 3 heterocycles. The van der Waals surface area contributed by atoms with Crippen LogP contribution in [-0.4, -0.2) is 11.1 Å². The molecular formula is C22H13Cl3N2O4. The summed E-state index contributed by atoms with van der Waals surface area (Å²) < 4.78 is 11.1. The van der Waals surface area contributed by atoms with Gasteiger partial charge in [0.05, 0.1) is 27.0 Å². The highest BCUT2D eigenvalue weighted by molar-refractivity contribution is 6.42. The van der Waals surface area contributed by atoms with Gasteiger partial charge in [0.1, 0.15) is 11.3 Å². The number of hydrogen-bond donors (Lipinski definition) is 0. The number of hydrogen-bond acceptors (Lipinski definition) is 5. The summed E-state index contributed by atoms with van der Waals surface area (Å²) in [6.07, 6.45) is 0. The highest BCUT2D eigenvalue weighted by Gasteiger charge is 2.45. The quantitative estimate of drug-likeness (QED) is 0.350. The largest absolute Gasteiger partial charge is 0.450 e. The summed E-state index contributed by atoms with van der Waals surface area (Å²) >= 11 is 18.6. The smallest absolute Gasteiger partial charge is 0.296 e. The first-order chi connectivity index (χ1) is 14.8. The van der Waals surface area contributed by atoms with Crippen molar-refractivity contribution in [3.8, 4) is 0 Å². The standard InChI is InChI=1S/C22H13Cl3N2O4/c1-9-5-16-12(8-14(9)24)20(28)18-19(11-3-4-13(23)15(25)7-11)27(22(29)21(18)30-16)17-6-10(2)31-26-17/h3-8,19H,1-2H3/t19-/m0/s1. The lowest BCUT2D eigenvalue weighted by Gasteiger charge is -2.22. The second-order valence-corrected chi connectivity index (χ2v) is 8.54. The molecule has 1 atom stereocenters. The number of anilines is 1. The average molecular weight is 476 g/mol. The Labute approximate surface area is 190 Å². The van der Waals surface area contributed by atoms with Crippen LogP contribution in [0, 0.1) is 13.8 Å². The molecule has 0 saturated carbocycles. The Balaban J connectivity index is 1.84. The third kappa shape index (κ3) is 3.05. The Morgan fingerprint density at radius 3 is 2.42 bits per heavy atom. The first-order valence-electron chi connectivity index (χ1n) is 9.25. The molecule has 0 saturated heterocycles. The SMILES string of the molecule is Cc1cc(N2C(=O)c3oc4cc(C)c(Cl)cc4c(=O)c3[C@@H]2c2ccc(Cl)c(Cl)c2)no1. The number of halogens is 3. The zero-order valence-electron chi connectivity index (χ0n) is 16.2. The van der Waals surface area contributed by atoms with E-state index in [1.807, 2.05) is 0 Å². The van der Waals surface area contributed by atoms with Gasteiger partial charge in [-0.3, -0.25) is 14.5 Å². The fourth-order valence-electron chi connectivity index (χ4n) is 3.79. The second kappa shape index (κ2) is 7.12. The molecule has 1 aliphatic heterocycles. The summed E-state index contributed by atoms with van der Waals surface area (Å²) in [6, 6.07) is 8.90. The van der Waals surface area contributed by atoms with Gasteiger partial charge in [-0.1, -0.05) is 46.0 Å².